The zero-order valence-electron chi connectivity index (χ0n) is 5.53. The Morgan fingerprint density at radius 1 is 1.45 bits per heavy atom. The van der Waals surface area contributed by atoms with Crippen LogP contribution < -0.4 is 0 Å². The second-order valence-corrected chi connectivity index (χ2v) is 2.92. The Morgan fingerprint density at radius 2 is 2.00 bits per heavy atom. The first-order valence-electron chi connectivity index (χ1n) is 2.64. The highest BCUT2D eigenvalue weighted by molar-refractivity contribution is 7.48. The number of halogens is 2. The molecule has 0 saturated heterocycles. The van der Waals surface area contributed by atoms with E-state index in [0.717, 1.165) is 0 Å². The molecule has 0 bridgehead atoms. The first kappa shape index (κ1) is 10.7. The van der Waals surface area contributed by atoms with Crippen molar-refractivity contribution in [2.75, 3.05) is 6.61 Å². The van der Waals surface area contributed by atoms with Gasteiger partial charge in [-0.3, -0.25) is 4.52 Å². The summed E-state index contributed by atoms with van der Waals surface area (Å²) < 4.78 is 42.1. The fourth-order valence-corrected chi connectivity index (χ4v) is 0.728. The third-order valence-electron chi connectivity index (χ3n) is 0.740. The van der Waals surface area contributed by atoms with Crippen LogP contribution in [0.2, 0.25) is 0 Å². The summed E-state index contributed by atoms with van der Waals surface area (Å²) in [6.45, 7) is 3.11. The monoisotopic (exact) mass is 188 g/mol. The summed E-state index contributed by atoms with van der Waals surface area (Å²) in [5, 5.41) is 0. The molecular weight excluding hydrogens is 181 g/mol. The molecule has 0 unspecified atom stereocenters. The van der Waals surface area contributed by atoms with Gasteiger partial charge < -0.3 is 0 Å². The molecule has 0 aromatic rings. The van der Waals surface area contributed by atoms with Gasteiger partial charge in [-0.25, -0.2) is 4.57 Å². The van der Waals surface area contributed by atoms with Crippen molar-refractivity contribution >= 4 is 7.82 Å². The largest absolute Gasteiger partial charge is 0.537 e. The average Bonchev–Trinajstić information content (AvgIpc) is 2.05. The number of rotatable bonds is 6. The molecule has 0 spiro atoms. The van der Waals surface area contributed by atoms with Gasteiger partial charge in [-0.15, -0.1) is 6.58 Å². The molecule has 0 aliphatic rings. The molecule has 0 aromatic heterocycles. The van der Waals surface area contributed by atoms with Crippen molar-refractivity contribution in [2.24, 2.45) is 0 Å². The first-order chi connectivity index (χ1) is 5.18. The van der Waals surface area contributed by atoms with Crippen LogP contribution >= 0.6 is 7.82 Å². The van der Waals surface area contributed by atoms with Crippen LogP contribution in [0.5, 0.6) is 0 Å². The van der Waals surface area contributed by atoms with Gasteiger partial charge in [0.2, 0.25) is 0 Å². The van der Waals surface area contributed by atoms with Crippen molar-refractivity contribution in [1.29, 1.82) is 0 Å². The van der Waals surface area contributed by atoms with E-state index in [1.165, 1.54) is 6.08 Å². The summed E-state index contributed by atoms with van der Waals surface area (Å²) in [4.78, 5) is 0. The minimum absolute atomic E-state index is 0.186. The maximum absolute atomic E-state index is 11.2. The van der Waals surface area contributed by atoms with Crippen molar-refractivity contribution in [3.8, 4) is 0 Å². The Labute approximate surface area is 62.2 Å². The second-order valence-electron chi connectivity index (χ2n) is 1.50. The van der Waals surface area contributed by atoms with E-state index in [-0.39, 0.29) is 13.0 Å². The predicted molar refractivity (Wildman–Crippen MR) is 32.8 cm³/mol. The molecule has 66 valence electrons. The Kier molecular flexibility index (Phi) is 5.23. The van der Waals surface area contributed by atoms with Crippen LogP contribution in [0.15, 0.2) is 12.7 Å². The zero-order valence-corrected chi connectivity index (χ0v) is 6.43. The summed E-state index contributed by atoms with van der Waals surface area (Å²) in [7, 11) is -4.59. The van der Waals surface area contributed by atoms with Crippen molar-refractivity contribution < 1.29 is 27.6 Å². The minimum Gasteiger partial charge on any atom is -0.283 e. The lowest BCUT2D eigenvalue weighted by molar-refractivity contribution is -0.118. The quantitative estimate of drug-likeness (QED) is 0.365. The summed E-state index contributed by atoms with van der Waals surface area (Å²) >= 11 is 0. The maximum atomic E-state index is 11.2. The molecule has 11 heavy (non-hydrogen) atoms. The molecule has 0 atom stereocenters. The van der Waals surface area contributed by atoms with Crippen LogP contribution in [0.1, 0.15) is 6.42 Å². The van der Waals surface area contributed by atoms with E-state index in [1.54, 1.807) is 0 Å². The van der Waals surface area contributed by atoms with Gasteiger partial charge >= 0.3 is 7.82 Å². The lowest BCUT2D eigenvalue weighted by atomic mass is 10.5. The summed E-state index contributed by atoms with van der Waals surface area (Å²) in [5.41, 5.74) is 0. The standard InChI is InChI=1S/C4H7F2O4P/c1-2-3-4-8-11(7,9-5)10-6/h2H,1,3-4H2. The Morgan fingerprint density at radius 3 is 2.36 bits per heavy atom. The zero-order chi connectivity index (χ0) is 8.74. The van der Waals surface area contributed by atoms with Crippen LogP contribution in [0.25, 0.3) is 0 Å². The molecule has 0 radical (unpaired) electrons. The predicted octanol–water partition coefficient (Wildman–Crippen LogP) is 2.49. The normalized spacial score (nSPS) is 11.5. The topological polar surface area (TPSA) is 44.8 Å². The molecule has 0 fully saturated rings. The molecule has 0 aliphatic heterocycles. The van der Waals surface area contributed by atoms with Crippen LogP contribution in [0, 0.1) is 0 Å². The van der Waals surface area contributed by atoms with Gasteiger partial charge in [0, 0.05) is 0 Å². The van der Waals surface area contributed by atoms with Gasteiger partial charge in [0.25, 0.3) is 0 Å². The van der Waals surface area contributed by atoms with Crippen LogP contribution in [-0.4, -0.2) is 6.61 Å². The fraction of sp³-hybridized carbons (Fsp3) is 0.500. The van der Waals surface area contributed by atoms with Crippen molar-refractivity contribution in [3.05, 3.63) is 12.7 Å². The SMILES string of the molecule is C=CCCOP(=O)(OF)OF. The minimum atomic E-state index is -4.59. The molecule has 0 aromatic carbocycles. The molecule has 0 amide bonds. The van der Waals surface area contributed by atoms with Crippen LogP contribution in [-0.2, 0) is 18.5 Å². The number of hydrogen-bond acceptors (Lipinski definition) is 4. The van der Waals surface area contributed by atoms with E-state index in [0.29, 0.717) is 0 Å². The summed E-state index contributed by atoms with van der Waals surface area (Å²) in [6.07, 6.45) is 1.71. The van der Waals surface area contributed by atoms with Gasteiger partial charge in [-0.2, -0.15) is 0 Å². The molecule has 0 N–H and O–H groups in total. The van der Waals surface area contributed by atoms with Crippen LogP contribution in [0.3, 0.4) is 0 Å². The van der Waals surface area contributed by atoms with Gasteiger partial charge in [0.15, 0.2) is 0 Å². The molecule has 0 aliphatic carbocycles. The summed E-state index contributed by atoms with van der Waals surface area (Å²) in [5.74, 6) is 0. The maximum Gasteiger partial charge on any atom is 0.537 e. The van der Waals surface area contributed by atoms with E-state index in [4.69, 9.17) is 0 Å². The molecule has 0 rings (SSSR count). The number of hydrogen-bond donors (Lipinski definition) is 0. The molecular formula is C4H7F2O4P. The lowest BCUT2D eigenvalue weighted by Crippen LogP contribution is -1.92. The van der Waals surface area contributed by atoms with Crippen molar-refractivity contribution in [2.45, 2.75) is 6.42 Å². The highest BCUT2D eigenvalue weighted by Gasteiger charge is 2.29. The van der Waals surface area contributed by atoms with Crippen molar-refractivity contribution in [3.63, 3.8) is 0 Å². The third kappa shape index (κ3) is 4.21. The van der Waals surface area contributed by atoms with E-state index >= 15 is 0 Å². The Hall–Kier alpha value is -0.290. The van der Waals surface area contributed by atoms with Gasteiger partial charge in [0.05, 0.1) is 6.61 Å². The second kappa shape index (κ2) is 5.37. The number of phosphoric acid groups is 1. The molecule has 4 nitrogen and oxygen atoms in total. The average molecular weight is 188 g/mol. The first-order valence-corrected chi connectivity index (χ1v) is 4.10. The van der Waals surface area contributed by atoms with Crippen molar-refractivity contribution in [1.82, 2.24) is 0 Å². The van der Waals surface area contributed by atoms with Gasteiger partial charge in [0.1, 0.15) is 0 Å². The fourth-order valence-electron chi connectivity index (χ4n) is 0.298. The highest BCUT2D eigenvalue weighted by Crippen LogP contribution is 2.50. The van der Waals surface area contributed by atoms with Gasteiger partial charge in [-0.05, 0) is 15.5 Å². The van der Waals surface area contributed by atoms with E-state index < -0.39 is 7.82 Å². The smallest absolute Gasteiger partial charge is 0.283 e. The van der Waals surface area contributed by atoms with Crippen LogP contribution in [0.4, 0.5) is 9.05 Å². The van der Waals surface area contributed by atoms with E-state index in [2.05, 4.69) is 20.6 Å². The Balaban J connectivity index is 3.69. The van der Waals surface area contributed by atoms with Gasteiger partial charge in [-0.1, -0.05) is 15.5 Å². The van der Waals surface area contributed by atoms with E-state index in [9.17, 15) is 13.6 Å². The highest BCUT2D eigenvalue weighted by atomic mass is 31.2. The molecule has 7 heteroatoms. The lowest BCUT2D eigenvalue weighted by Gasteiger charge is -2.04. The molecule has 0 saturated carbocycles. The summed E-state index contributed by atoms with van der Waals surface area (Å²) in [6, 6.07) is 0. The Bertz CT molecular complexity index is 154. The third-order valence-corrected chi connectivity index (χ3v) is 1.58. The molecule has 0 heterocycles. The van der Waals surface area contributed by atoms with E-state index in [1.807, 2.05) is 0 Å².